The topological polar surface area (TPSA) is 66.0 Å². The Bertz CT molecular complexity index is 843. The zero-order chi connectivity index (χ0) is 15.5. The van der Waals surface area contributed by atoms with E-state index in [0.717, 1.165) is 5.56 Å². The van der Waals surface area contributed by atoms with Crippen LogP contribution in [0.2, 0.25) is 5.02 Å². The number of benzene rings is 2. The van der Waals surface area contributed by atoms with Crippen molar-refractivity contribution in [1.82, 2.24) is 0 Å². The normalized spacial score (nSPS) is 12.6. The maximum atomic E-state index is 9.37. The second-order valence-corrected chi connectivity index (χ2v) is 4.99. The largest absolute Gasteiger partial charge is 0.454 e. The van der Waals surface area contributed by atoms with Gasteiger partial charge in [0.05, 0.1) is 28.3 Å². The van der Waals surface area contributed by atoms with Gasteiger partial charge in [0.1, 0.15) is 0 Å². The summed E-state index contributed by atoms with van der Waals surface area (Å²) in [5.74, 6) is 1.20. The minimum atomic E-state index is 0.166. The monoisotopic (exact) mass is 308 g/mol. The number of halogens is 1. The van der Waals surface area contributed by atoms with Gasteiger partial charge in [-0.2, -0.15) is 10.5 Å². The van der Waals surface area contributed by atoms with E-state index in [2.05, 4.69) is 6.07 Å². The molecule has 0 amide bonds. The van der Waals surface area contributed by atoms with Crippen molar-refractivity contribution in [3.05, 3.63) is 58.1 Å². The first-order valence-electron chi connectivity index (χ1n) is 6.43. The molecule has 1 heterocycles. The van der Waals surface area contributed by atoms with Crippen molar-refractivity contribution < 1.29 is 9.47 Å². The molecular formula is C17H9ClN2O2. The summed E-state index contributed by atoms with van der Waals surface area (Å²) in [5, 5.41) is 18.7. The van der Waals surface area contributed by atoms with E-state index in [1.807, 2.05) is 6.07 Å². The number of ether oxygens (including phenoxy) is 2. The van der Waals surface area contributed by atoms with E-state index in [9.17, 15) is 5.26 Å². The lowest BCUT2D eigenvalue weighted by molar-refractivity contribution is 0.174. The van der Waals surface area contributed by atoms with Crippen molar-refractivity contribution in [2.75, 3.05) is 6.79 Å². The van der Waals surface area contributed by atoms with Gasteiger partial charge in [0.15, 0.2) is 11.5 Å². The lowest BCUT2D eigenvalue weighted by atomic mass is 10.0. The predicted octanol–water partition coefficient (Wildman–Crippen LogP) is 4.00. The van der Waals surface area contributed by atoms with Crippen molar-refractivity contribution in [3.63, 3.8) is 0 Å². The Labute approximate surface area is 132 Å². The molecular weight excluding hydrogens is 300 g/mol. The van der Waals surface area contributed by atoms with Gasteiger partial charge in [0.2, 0.25) is 6.79 Å². The highest BCUT2D eigenvalue weighted by molar-refractivity contribution is 6.32. The summed E-state index contributed by atoms with van der Waals surface area (Å²) >= 11 is 6.21. The average Bonchev–Trinajstić information content (AvgIpc) is 2.99. The third-order valence-electron chi connectivity index (χ3n) is 3.24. The molecule has 106 valence electrons. The fraction of sp³-hybridized carbons (Fsp3) is 0.0588. The van der Waals surface area contributed by atoms with Crippen LogP contribution in [0.5, 0.6) is 11.5 Å². The SMILES string of the molecule is N#C/C(=C\c1cc2c(cc1Cl)OCO2)c1ccc(C#N)cc1. The van der Waals surface area contributed by atoms with Crippen LogP contribution < -0.4 is 9.47 Å². The van der Waals surface area contributed by atoms with E-state index in [0.29, 0.717) is 33.2 Å². The summed E-state index contributed by atoms with van der Waals surface area (Å²) in [7, 11) is 0. The Balaban J connectivity index is 2.02. The summed E-state index contributed by atoms with van der Waals surface area (Å²) in [6, 6.07) is 14.4. The zero-order valence-electron chi connectivity index (χ0n) is 11.3. The lowest BCUT2D eigenvalue weighted by Gasteiger charge is -2.04. The van der Waals surface area contributed by atoms with Gasteiger partial charge < -0.3 is 9.47 Å². The van der Waals surface area contributed by atoms with Crippen molar-refractivity contribution in [1.29, 1.82) is 10.5 Å². The van der Waals surface area contributed by atoms with Crippen molar-refractivity contribution in [2.45, 2.75) is 0 Å². The predicted molar refractivity (Wildman–Crippen MR) is 82.2 cm³/mol. The maximum absolute atomic E-state index is 9.37. The van der Waals surface area contributed by atoms with Crippen LogP contribution in [0.1, 0.15) is 16.7 Å². The molecule has 0 radical (unpaired) electrons. The fourth-order valence-corrected chi connectivity index (χ4v) is 2.31. The first-order chi connectivity index (χ1) is 10.7. The van der Waals surface area contributed by atoms with Crippen molar-refractivity contribution in [2.24, 2.45) is 0 Å². The third kappa shape index (κ3) is 2.61. The number of hydrogen-bond donors (Lipinski definition) is 0. The molecule has 0 N–H and O–H groups in total. The van der Waals surface area contributed by atoms with Gasteiger partial charge in [-0.3, -0.25) is 0 Å². The van der Waals surface area contributed by atoms with Crippen LogP contribution in [0.25, 0.3) is 11.6 Å². The number of rotatable bonds is 2. The Morgan fingerprint density at radius 2 is 1.77 bits per heavy atom. The molecule has 0 spiro atoms. The molecule has 0 bridgehead atoms. The second kappa shape index (κ2) is 5.81. The molecule has 2 aromatic carbocycles. The Morgan fingerprint density at radius 1 is 1.09 bits per heavy atom. The van der Waals surface area contributed by atoms with Crippen molar-refractivity contribution >= 4 is 23.3 Å². The van der Waals surface area contributed by atoms with Gasteiger partial charge >= 0.3 is 0 Å². The number of nitrogens with zero attached hydrogens (tertiary/aromatic N) is 2. The van der Waals surface area contributed by atoms with E-state index >= 15 is 0 Å². The maximum Gasteiger partial charge on any atom is 0.231 e. The third-order valence-corrected chi connectivity index (χ3v) is 3.56. The van der Waals surface area contributed by atoms with E-state index in [1.54, 1.807) is 42.5 Å². The number of fused-ring (bicyclic) bond motifs is 1. The van der Waals surface area contributed by atoms with Gasteiger partial charge in [0, 0.05) is 6.07 Å². The van der Waals surface area contributed by atoms with Crippen LogP contribution in [-0.2, 0) is 0 Å². The molecule has 3 rings (SSSR count). The van der Waals surface area contributed by atoms with Gasteiger partial charge in [-0.05, 0) is 35.4 Å². The molecule has 0 aromatic heterocycles. The molecule has 4 nitrogen and oxygen atoms in total. The molecule has 2 aromatic rings. The summed E-state index contributed by atoms with van der Waals surface area (Å²) < 4.78 is 10.6. The zero-order valence-corrected chi connectivity index (χ0v) is 12.1. The molecule has 0 saturated carbocycles. The molecule has 0 saturated heterocycles. The van der Waals surface area contributed by atoms with E-state index < -0.39 is 0 Å². The van der Waals surface area contributed by atoms with Gasteiger partial charge in [-0.1, -0.05) is 23.7 Å². The number of nitriles is 2. The first-order valence-corrected chi connectivity index (χ1v) is 6.80. The summed E-state index contributed by atoms with van der Waals surface area (Å²) in [4.78, 5) is 0. The Hall–Kier alpha value is -2.95. The van der Waals surface area contributed by atoms with Crippen molar-refractivity contribution in [3.8, 4) is 23.6 Å². The van der Waals surface area contributed by atoms with Crippen LogP contribution >= 0.6 is 11.6 Å². The molecule has 1 aliphatic heterocycles. The summed E-state index contributed by atoms with van der Waals surface area (Å²) in [5.41, 5.74) is 2.38. The number of hydrogen-bond acceptors (Lipinski definition) is 4. The van der Waals surface area contributed by atoms with Crippen LogP contribution in [0.3, 0.4) is 0 Å². The smallest absolute Gasteiger partial charge is 0.231 e. The Morgan fingerprint density at radius 3 is 2.41 bits per heavy atom. The molecule has 0 atom stereocenters. The average molecular weight is 309 g/mol. The van der Waals surface area contributed by atoms with Gasteiger partial charge in [-0.25, -0.2) is 0 Å². The number of allylic oxidation sites excluding steroid dienone is 1. The van der Waals surface area contributed by atoms with E-state index in [1.165, 1.54) is 0 Å². The molecule has 0 fully saturated rings. The van der Waals surface area contributed by atoms with Crippen LogP contribution in [0, 0.1) is 22.7 Å². The highest BCUT2D eigenvalue weighted by atomic mass is 35.5. The van der Waals surface area contributed by atoms with E-state index in [-0.39, 0.29) is 6.79 Å². The highest BCUT2D eigenvalue weighted by Gasteiger charge is 2.16. The van der Waals surface area contributed by atoms with Gasteiger partial charge in [-0.15, -0.1) is 0 Å². The highest BCUT2D eigenvalue weighted by Crippen LogP contribution is 2.38. The van der Waals surface area contributed by atoms with Crippen LogP contribution in [0.15, 0.2) is 36.4 Å². The standard InChI is InChI=1S/C17H9ClN2O2/c18-15-7-17-16(21-10-22-17)6-13(15)5-14(9-20)12-3-1-11(8-19)2-4-12/h1-7H,10H2/b14-5+. The Kier molecular flexibility index (Phi) is 3.70. The van der Waals surface area contributed by atoms with Crippen LogP contribution in [-0.4, -0.2) is 6.79 Å². The molecule has 0 unspecified atom stereocenters. The van der Waals surface area contributed by atoms with Gasteiger partial charge in [0.25, 0.3) is 0 Å². The minimum Gasteiger partial charge on any atom is -0.454 e. The summed E-state index contributed by atoms with van der Waals surface area (Å²) in [6.07, 6.45) is 1.69. The second-order valence-electron chi connectivity index (χ2n) is 4.59. The fourth-order valence-electron chi connectivity index (χ4n) is 2.10. The molecule has 1 aliphatic rings. The molecule has 5 heteroatoms. The lowest BCUT2D eigenvalue weighted by Crippen LogP contribution is -1.92. The minimum absolute atomic E-state index is 0.166. The molecule has 22 heavy (non-hydrogen) atoms. The quantitative estimate of drug-likeness (QED) is 0.621. The van der Waals surface area contributed by atoms with Crippen LogP contribution in [0.4, 0.5) is 0 Å². The molecule has 0 aliphatic carbocycles. The summed E-state index contributed by atoms with van der Waals surface area (Å²) in [6.45, 7) is 0.166. The van der Waals surface area contributed by atoms with E-state index in [4.69, 9.17) is 26.3 Å². The first kappa shape index (κ1) is 14.0.